The van der Waals surface area contributed by atoms with Gasteiger partial charge in [0.25, 0.3) is 5.91 Å². The van der Waals surface area contributed by atoms with Gasteiger partial charge in [0.1, 0.15) is 0 Å². The second kappa shape index (κ2) is 7.28. The van der Waals surface area contributed by atoms with Gasteiger partial charge in [0.15, 0.2) is 0 Å². The number of hydrogen-bond acceptors (Lipinski definition) is 3. The standard InChI is InChI=1S/C14H20N2O2S/c17-13(16-11-5-1-2-6-11)8-3-9-15-14(18)12-7-4-10-19-12/h4,7,10-11H,1-3,5-6,8-9H2,(H,15,18)(H,16,17). The Morgan fingerprint density at radius 1 is 1.32 bits per heavy atom. The van der Waals surface area contributed by atoms with E-state index in [1.807, 2.05) is 11.4 Å². The highest BCUT2D eigenvalue weighted by Gasteiger charge is 2.16. The van der Waals surface area contributed by atoms with Crippen molar-refractivity contribution in [3.05, 3.63) is 22.4 Å². The molecular formula is C14H20N2O2S. The van der Waals surface area contributed by atoms with Gasteiger partial charge in [-0.05, 0) is 30.7 Å². The largest absolute Gasteiger partial charge is 0.353 e. The zero-order valence-electron chi connectivity index (χ0n) is 11.0. The summed E-state index contributed by atoms with van der Waals surface area (Å²) in [6, 6.07) is 4.04. The molecule has 0 bridgehead atoms. The monoisotopic (exact) mass is 280 g/mol. The van der Waals surface area contributed by atoms with Gasteiger partial charge in [-0.1, -0.05) is 18.9 Å². The normalized spacial score (nSPS) is 15.4. The fourth-order valence-electron chi connectivity index (χ4n) is 2.32. The van der Waals surface area contributed by atoms with Crippen molar-refractivity contribution in [2.75, 3.05) is 6.54 Å². The zero-order valence-corrected chi connectivity index (χ0v) is 11.8. The molecule has 1 saturated carbocycles. The van der Waals surface area contributed by atoms with Gasteiger partial charge in [0, 0.05) is 19.0 Å². The molecule has 2 amide bonds. The number of rotatable bonds is 6. The van der Waals surface area contributed by atoms with E-state index in [4.69, 9.17) is 0 Å². The molecule has 0 spiro atoms. The summed E-state index contributed by atoms with van der Waals surface area (Å²) in [5, 5.41) is 7.75. The molecule has 0 saturated heterocycles. The summed E-state index contributed by atoms with van der Waals surface area (Å²) in [6.07, 6.45) is 5.85. The Morgan fingerprint density at radius 3 is 2.79 bits per heavy atom. The van der Waals surface area contributed by atoms with E-state index < -0.39 is 0 Å². The first-order valence-corrected chi connectivity index (χ1v) is 7.75. The lowest BCUT2D eigenvalue weighted by Gasteiger charge is -2.11. The molecule has 1 heterocycles. The Hall–Kier alpha value is -1.36. The van der Waals surface area contributed by atoms with Crippen LogP contribution in [-0.4, -0.2) is 24.4 Å². The van der Waals surface area contributed by atoms with Crippen LogP contribution in [0.4, 0.5) is 0 Å². The predicted molar refractivity (Wildman–Crippen MR) is 76.3 cm³/mol. The highest BCUT2D eigenvalue weighted by Crippen LogP contribution is 2.17. The van der Waals surface area contributed by atoms with Crippen molar-refractivity contribution in [1.82, 2.24) is 10.6 Å². The number of carbonyl (C=O) groups excluding carboxylic acids is 2. The van der Waals surface area contributed by atoms with Crippen LogP contribution in [0.3, 0.4) is 0 Å². The number of nitrogens with one attached hydrogen (secondary N) is 2. The molecule has 1 aromatic rings. The summed E-state index contributed by atoms with van der Waals surface area (Å²) < 4.78 is 0. The third kappa shape index (κ3) is 4.67. The molecule has 0 aliphatic heterocycles. The predicted octanol–water partition coefficient (Wildman–Crippen LogP) is 2.32. The van der Waals surface area contributed by atoms with E-state index >= 15 is 0 Å². The SMILES string of the molecule is O=C(CCCNC(=O)c1cccs1)NC1CCCC1. The Bertz CT molecular complexity index is 411. The number of amides is 2. The lowest BCUT2D eigenvalue weighted by atomic mass is 10.2. The molecule has 104 valence electrons. The molecule has 4 nitrogen and oxygen atoms in total. The van der Waals surface area contributed by atoms with Gasteiger partial charge in [-0.2, -0.15) is 0 Å². The summed E-state index contributed by atoms with van der Waals surface area (Å²) in [5.41, 5.74) is 0. The van der Waals surface area contributed by atoms with Gasteiger partial charge >= 0.3 is 0 Å². The summed E-state index contributed by atoms with van der Waals surface area (Å²) in [4.78, 5) is 24.0. The van der Waals surface area contributed by atoms with E-state index in [1.165, 1.54) is 24.2 Å². The minimum atomic E-state index is -0.0498. The van der Waals surface area contributed by atoms with Crippen LogP contribution >= 0.6 is 11.3 Å². The third-order valence-corrected chi connectivity index (χ3v) is 4.20. The lowest BCUT2D eigenvalue weighted by Crippen LogP contribution is -2.33. The molecule has 2 rings (SSSR count). The van der Waals surface area contributed by atoms with Crippen LogP contribution in [0.25, 0.3) is 0 Å². The summed E-state index contributed by atoms with van der Waals surface area (Å²) in [7, 11) is 0. The number of thiophene rings is 1. The van der Waals surface area contributed by atoms with Crippen molar-refractivity contribution in [3.8, 4) is 0 Å². The second-order valence-corrected chi connectivity index (χ2v) is 5.83. The van der Waals surface area contributed by atoms with Crippen LogP contribution in [0.5, 0.6) is 0 Å². The Kier molecular flexibility index (Phi) is 5.39. The van der Waals surface area contributed by atoms with Crippen molar-refractivity contribution in [2.45, 2.75) is 44.6 Å². The molecule has 0 aromatic carbocycles. The molecule has 2 N–H and O–H groups in total. The average Bonchev–Trinajstić information content (AvgIpc) is 3.06. The second-order valence-electron chi connectivity index (χ2n) is 4.89. The Labute approximate surface area is 117 Å². The molecular weight excluding hydrogens is 260 g/mol. The van der Waals surface area contributed by atoms with Crippen molar-refractivity contribution in [3.63, 3.8) is 0 Å². The summed E-state index contributed by atoms with van der Waals surface area (Å²) in [5.74, 6) is 0.0588. The number of hydrogen-bond donors (Lipinski definition) is 2. The summed E-state index contributed by atoms with van der Waals surface area (Å²) >= 11 is 1.43. The van der Waals surface area contributed by atoms with Crippen LogP contribution in [0, 0.1) is 0 Å². The van der Waals surface area contributed by atoms with E-state index in [-0.39, 0.29) is 11.8 Å². The molecule has 1 aliphatic rings. The highest BCUT2D eigenvalue weighted by atomic mass is 32.1. The molecule has 1 aliphatic carbocycles. The molecule has 0 unspecified atom stereocenters. The minimum absolute atomic E-state index is 0.0498. The van der Waals surface area contributed by atoms with Crippen LogP contribution in [0.1, 0.15) is 48.2 Å². The Balaban J connectivity index is 1.56. The first-order valence-electron chi connectivity index (χ1n) is 6.87. The topological polar surface area (TPSA) is 58.2 Å². The van der Waals surface area contributed by atoms with Crippen LogP contribution in [0.15, 0.2) is 17.5 Å². The van der Waals surface area contributed by atoms with E-state index in [2.05, 4.69) is 10.6 Å². The van der Waals surface area contributed by atoms with Gasteiger partial charge in [0.05, 0.1) is 4.88 Å². The third-order valence-electron chi connectivity index (χ3n) is 3.33. The van der Waals surface area contributed by atoms with Crippen LogP contribution in [0.2, 0.25) is 0 Å². The van der Waals surface area contributed by atoms with E-state index in [0.717, 1.165) is 17.7 Å². The Morgan fingerprint density at radius 2 is 2.11 bits per heavy atom. The van der Waals surface area contributed by atoms with Gasteiger partial charge in [-0.3, -0.25) is 9.59 Å². The summed E-state index contributed by atoms with van der Waals surface area (Å²) in [6.45, 7) is 0.550. The lowest BCUT2D eigenvalue weighted by molar-refractivity contribution is -0.121. The molecule has 1 aromatic heterocycles. The van der Waals surface area contributed by atoms with Crippen molar-refractivity contribution in [2.24, 2.45) is 0 Å². The first kappa shape index (κ1) is 14.1. The van der Waals surface area contributed by atoms with E-state index in [1.54, 1.807) is 6.07 Å². The van der Waals surface area contributed by atoms with Gasteiger partial charge < -0.3 is 10.6 Å². The van der Waals surface area contributed by atoms with Crippen molar-refractivity contribution < 1.29 is 9.59 Å². The average molecular weight is 280 g/mol. The highest BCUT2D eigenvalue weighted by molar-refractivity contribution is 7.12. The van der Waals surface area contributed by atoms with Gasteiger partial charge in [-0.15, -0.1) is 11.3 Å². The molecule has 19 heavy (non-hydrogen) atoms. The molecule has 0 radical (unpaired) electrons. The maximum Gasteiger partial charge on any atom is 0.261 e. The molecule has 0 atom stereocenters. The minimum Gasteiger partial charge on any atom is -0.353 e. The fourth-order valence-corrected chi connectivity index (χ4v) is 2.96. The van der Waals surface area contributed by atoms with Crippen molar-refractivity contribution >= 4 is 23.2 Å². The van der Waals surface area contributed by atoms with E-state index in [9.17, 15) is 9.59 Å². The van der Waals surface area contributed by atoms with Crippen LogP contribution in [-0.2, 0) is 4.79 Å². The van der Waals surface area contributed by atoms with Gasteiger partial charge in [-0.25, -0.2) is 0 Å². The van der Waals surface area contributed by atoms with Gasteiger partial charge in [0.2, 0.25) is 5.91 Å². The number of carbonyl (C=O) groups is 2. The smallest absolute Gasteiger partial charge is 0.261 e. The maximum absolute atomic E-state index is 11.7. The zero-order chi connectivity index (χ0) is 13.5. The molecule has 5 heteroatoms. The maximum atomic E-state index is 11.7. The fraction of sp³-hybridized carbons (Fsp3) is 0.571. The van der Waals surface area contributed by atoms with Crippen LogP contribution < -0.4 is 10.6 Å². The van der Waals surface area contributed by atoms with Crippen molar-refractivity contribution in [1.29, 1.82) is 0 Å². The molecule has 1 fully saturated rings. The quantitative estimate of drug-likeness (QED) is 0.786. The van der Waals surface area contributed by atoms with E-state index in [0.29, 0.717) is 25.4 Å². The first-order chi connectivity index (χ1) is 9.25.